The van der Waals surface area contributed by atoms with Crippen molar-refractivity contribution in [3.05, 3.63) is 59.2 Å². The van der Waals surface area contributed by atoms with Gasteiger partial charge < -0.3 is 10.1 Å². The molecule has 0 aromatic heterocycles. The first-order chi connectivity index (χ1) is 14.8. The molecule has 2 aromatic carbocycles. The standard InChI is InChI=1S/C24H32N2O4S/c1-4-19-7-9-20(10-8-19)18(2)25-24(27)14-11-21-17-22(12-13-23(21)30-3)31(28,29)26-15-5-6-16-26/h7-10,12-13,17-18H,4-6,11,14-16H2,1-3H3,(H,25,27)/t18-/m1/s1. The Hall–Kier alpha value is -2.38. The van der Waals surface area contributed by atoms with Crippen LogP contribution in [0.1, 0.15) is 55.8 Å². The number of hydrogen-bond donors (Lipinski definition) is 1. The molecule has 1 amide bonds. The Labute approximate surface area is 185 Å². The highest BCUT2D eigenvalue weighted by Gasteiger charge is 2.27. The molecule has 0 radical (unpaired) electrons. The second-order valence-electron chi connectivity index (χ2n) is 7.97. The highest BCUT2D eigenvalue weighted by Crippen LogP contribution is 2.27. The maximum absolute atomic E-state index is 12.9. The number of carbonyl (C=O) groups excluding carboxylic acids is 1. The van der Waals surface area contributed by atoms with Gasteiger partial charge >= 0.3 is 0 Å². The summed E-state index contributed by atoms with van der Waals surface area (Å²) in [7, 11) is -1.96. The molecule has 0 saturated carbocycles. The van der Waals surface area contributed by atoms with Crippen molar-refractivity contribution in [1.29, 1.82) is 0 Å². The first-order valence-corrected chi connectivity index (χ1v) is 12.3. The number of carbonyl (C=O) groups is 1. The monoisotopic (exact) mass is 444 g/mol. The second kappa shape index (κ2) is 10.3. The van der Waals surface area contributed by atoms with Gasteiger partial charge in [0.1, 0.15) is 5.75 Å². The predicted molar refractivity (Wildman–Crippen MR) is 122 cm³/mol. The molecule has 2 aromatic rings. The van der Waals surface area contributed by atoms with Crippen LogP contribution in [0.15, 0.2) is 47.4 Å². The molecule has 0 bridgehead atoms. The lowest BCUT2D eigenvalue weighted by Crippen LogP contribution is -2.28. The van der Waals surface area contributed by atoms with Crippen LogP contribution in [0.4, 0.5) is 0 Å². The van der Waals surface area contributed by atoms with Gasteiger partial charge in [-0.05, 0) is 67.5 Å². The number of amides is 1. The third-order valence-electron chi connectivity index (χ3n) is 5.84. The van der Waals surface area contributed by atoms with E-state index in [-0.39, 0.29) is 23.3 Å². The highest BCUT2D eigenvalue weighted by molar-refractivity contribution is 7.89. The Morgan fingerprint density at radius 2 is 1.81 bits per heavy atom. The van der Waals surface area contributed by atoms with Crippen LogP contribution in [0.25, 0.3) is 0 Å². The van der Waals surface area contributed by atoms with Crippen LogP contribution >= 0.6 is 0 Å². The summed E-state index contributed by atoms with van der Waals surface area (Å²) >= 11 is 0. The van der Waals surface area contributed by atoms with E-state index in [0.717, 1.165) is 30.4 Å². The van der Waals surface area contributed by atoms with Crippen molar-refractivity contribution in [3.8, 4) is 5.75 Å². The van der Waals surface area contributed by atoms with Gasteiger partial charge in [-0.3, -0.25) is 4.79 Å². The van der Waals surface area contributed by atoms with E-state index in [2.05, 4.69) is 24.4 Å². The maximum atomic E-state index is 12.9. The molecule has 31 heavy (non-hydrogen) atoms. The van der Waals surface area contributed by atoms with E-state index in [1.165, 1.54) is 9.87 Å². The number of nitrogens with zero attached hydrogens (tertiary/aromatic N) is 1. The van der Waals surface area contributed by atoms with Crippen LogP contribution in [-0.2, 0) is 27.7 Å². The molecule has 168 valence electrons. The van der Waals surface area contributed by atoms with Crippen LogP contribution < -0.4 is 10.1 Å². The Balaban J connectivity index is 1.66. The fourth-order valence-corrected chi connectivity index (χ4v) is 5.44. The summed E-state index contributed by atoms with van der Waals surface area (Å²) in [6, 6.07) is 13.0. The molecule has 1 atom stereocenters. The summed E-state index contributed by atoms with van der Waals surface area (Å²) in [6.45, 7) is 5.19. The van der Waals surface area contributed by atoms with Crippen LogP contribution in [0.2, 0.25) is 0 Å². The maximum Gasteiger partial charge on any atom is 0.243 e. The lowest BCUT2D eigenvalue weighted by Gasteiger charge is -2.18. The molecular formula is C24H32N2O4S. The zero-order chi connectivity index (χ0) is 22.4. The molecule has 1 saturated heterocycles. The van der Waals surface area contributed by atoms with Crippen molar-refractivity contribution in [2.45, 2.75) is 56.9 Å². The molecule has 0 spiro atoms. The normalized spacial score (nSPS) is 15.6. The Morgan fingerprint density at radius 3 is 2.42 bits per heavy atom. The second-order valence-corrected chi connectivity index (χ2v) is 9.91. The average molecular weight is 445 g/mol. The van der Waals surface area contributed by atoms with Gasteiger partial charge in [-0.2, -0.15) is 4.31 Å². The van der Waals surface area contributed by atoms with E-state index in [1.54, 1.807) is 25.3 Å². The zero-order valence-electron chi connectivity index (χ0n) is 18.6. The molecule has 6 nitrogen and oxygen atoms in total. The minimum absolute atomic E-state index is 0.0816. The van der Waals surface area contributed by atoms with Gasteiger partial charge in [-0.1, -0.05) is 31.2 Å². The highest BCUT2D eigenvalue weighted by atomic mass is 32.2. The number of rotatable bonds is 9. The third kappa shape index (κ3) is 5.66. The molecule has 0 unspecified atom stereocenters. The van der Waals surface area contributed by atoms with Crippen LogP contribution in [0.3, 0.4) is 0 Å². The summed E-state index contributed by atoms with van der Waals surface area (Å²) in [4.78, 5) is 12.8. The van der Waals surface area contributed by atoms with Crippen LogP contribution in [0, 0.1) is 0 Å². The summed E-state index contributed by atoms with van der Waals surface area (Å²) < 4.78 is 32.7. The van der Waals surface area contributed by atoms with Crippen LogP contribution in [0.5, 0.6) is 5.75 Å². The van der Waals surface area contributed by atoms with E-state index in [9.17, 15) is 13.2 Å². The first kappa shape index (κ1) is 23.3. The van der Waals surface area contributed by atoms with Crippen molar-refractivity contribution in [1.82, 2.24) is 9.62 Å². The molecule has 1 fully saturated rings. The molecule has 1 aliphatic heterocycles. The Morgan fingerprint density at radius 1 is 1.13 bits per heavy atom. The predicted octanol–water partition coefficient (Wildman–Crippen LogP) is 3.85. The summed E-state index contributed by atoms with van der Waals surface area (Å²) in [6.07, 6.45) is 3.42. The number of ether oxygens (including phenoxy) is 1. The average Bonchev–Trinajstić information content (AvgIpc) is 3.33. The van der Waals surface area contributed by atoms with Gasteiger partial charge in [0, 0.05) is 19.5 Å². The molecular weight excluding hydrogens is 412 g/mol. The molecule has 3 rings (SSSR count). The van der Waals surface area contributed by atoms with E-state index in [1.807, 2.05) is 19.1 Å². The lowest BCUT2D eigenvalue weighted by atomic mass is 10.0. The molecule has 1 aliphatic rings. The number of benzene rings is 2. The number of sulfonamides is 1. The van der Waals surface area contributed by atoms with Crippen molar-refractivity contribution in [2.24, 2.45) is 0 Å². The first-order valence-electron chi connectivity index (χ1n) is 10.9. The largest absolute Gasteiger partial charge is 0.496 e. The van der Waals surface area contributed by atoms with Crippen molar-refractivity contribution >= 4 is 15.9 Å². The SMILES string of the molecule is CCc1ccc([C@@H](C)NC(=O)CCc2cc(S(=O)(=O)N3CCCC3)ccc2OC)cc1. The van der Waals surface area contributed by atoms with Gasteiger partial charge in [-0.15, -0.1) is 0 Å². The Kier molecular flexibility index (Phi) is 7.73. The minimum Gasteiger partial charge on any atom is -0.496 e. The zero-order valence-corrected chi connectivity index (χ0v) is 19.4. The molecule has 7 heteroatoms. The fourth-order valence-electron chi connectivity index (χ4n) is 3.88. The van der Waals surface area contributed by atoms with Gasteiger partial charge in [-0.25, -0.2) is 8.42 Å². The number of hydrogen-bond acceptors (Lipinski definition) is 4. The number of methoxy groups -OCH3 is 1. The van der Waals surface area contributed by atoms with E-state index >= 15 is 0 Å². The molecule has 1 heterocycles. The van der Waals surface area contributed by atoms with E-state index < -0.39 is 10.0 Å². The molecule has 1 N–H and O–H groups in total. The van der Waals surface area contributed by atoms with E-state index in [4.69, 9.17) is 4.74 Å². The molecule has 0 aliphatic carbocycles. The van der Waals surface area contributed by atoms with Gasteiger partial charge in [0.2, 0.25) is 15.9 Å². The number of aryl methyl sites for hydroxylation is 2. The van der Waals surface area contributed by atoms with E-state index in [0.29, 0.717) is 25.3 Å². The van der Waals surface area contributed by atoms with Gasteiger partial charge in [0.05, 0.1) is 18.0 Å². The Bertz CT molecular complexity index is 997. The number of nitrogens with one attached hydrogen (secondary N) is 1. The smallest absolute Gasteiger partial charge is 0.243 e. The van der Waals surface area contributed by atoms with Crippen molar-refractivity contribution in [3.63, 3.8) is 0 Å². The quantitative estimate of drug-likeness (QED) is 0.637. The van der Waals surface area contributed by atoms with Crippen molar-refractivity contribution in [2.75, 3.05) is 20.2 Å². The topological polar surface area (TPSA) is 75.7 Å². The fraction of sp³-hybridized carbons (Fsp3) is 0.458. The van der Waals surface area contributed by atoms with Gasteiger partial charge in [0.15, 0.2) is 0 Å². The minimum atomic E-state index is -3.51. The summed E-state index contributed by atoms with van der Waals surface area (Å²) in [5.74, 6) is 0.512. The lowest BCUT2D eigenvalue weighted by molar-refractivity contribution is -0.121. The van der Waals surface area contributed by atoms with Crippen LogP contribution in [-0.4, -0.2) is 38.8 Å². The third-order valence-corrected chi connectivity index (χ3v) is 7.74. The summed E-state index contributed by atoms with van der Waals surface area (Å²) in [5.41, 5.74) is 3.04. The summed E-state index contributed by atoms with van der Waals surface area (Å²) in [5, 5.41) is 3.02. The van der Waals surface area contributed by atoms with Crippen molar-refractivity contribution < 1.29 is 17.9 Å². The van der Waals surface area contributed by atoms with Gasteiger partial charge in [0.25, 0.3) is 0 Å².